The molecule has 7 nitrogen and oxygen atoms in total. The van der Waals surface area contributed by atoms with Crippen LogP contribution in [0.5, 0.6) is 0 Å². The van der Waals surface area contributed by atoms with E-state index in [0.29, 0.717) is 19.1 Å². The third kappa shape index (κ3) is 3.20. The Morgan fingerprint density at radius 3 is 2.81 bits per heavy atom. The number of aromatic nitrogens is 3. The summed E-state index contributed by atoms with van der Waals surface area (Å²) < 4.78 is 9.49. The lowest BCUT2D eigenvalue weighted by atomic mass is 9.92. The van der Waals surface area contributed by atoms with Crippen molar-refractivity contribution in [2.75, 3.05) is 23.4 Å². The van der Waals surface area contributed by atoms with Crippen LogP contribution in [0.25, 0.3) is 10.9 Å². The fourth-order valence-electron chi connectivity index (χ4n) is 2.67. The maximum Gasteiger partial charge on any atom is 0.414 e. The average Bonchev–Trinajstić information content (AvgIpc) is 3.23. The van der Waals surface area contributed by atoms with Gasteiger partial charge in [0.15, 0.2) is 0 Å². The van der Waals surface area contributed by atoms with Gasteiger partial charge in [-0.15, -0.1) is 0 Å². The third-order valence-corrected chi connectivity index (χ3v) is 4.86. The van der Waals surface area contributed by atoms with Crippen LogP contribution in [0.1, 0.15) is 26.5 Å². The van der Waals surface area contributed by atoms with Gasteiger partial charge in [0, 0.05) is 22.7 Å². The second-order valence-electron chi connectivity index (χ2n) is 7.15. The van der Waals surface area contributed by atoms with Crippen molar-refractivity contribution in [1.82, 2.24) is 14.3 Å². The minimum Gasteiger partial charge on any atom is -0.447 e. The van der Waals surface area contributed by atoms with Crippen LogP contribution in [0.3, 0.4) is 0 Å². The van der Waals surface area contributed by atoms with Gasteiger partial charge in [-0.1, -0.05) is 20.8 Å². The second-order valence-corrected chi connectivity index (χ2v) is 7.96. The Kier molecular flexibility index (Phi) is 3.99. The van der Waals surface area contributed by atoms with Gasteiger partial charge in [0.05, 0.1) is 17.8 Å². The van der Waals surface area contributed by atoms with Crippen LogP contribution in [0.4, 0.5) is 21.4 Å². The zero-order valence-corrected chi connectivity index (χ0v) is 15.6. The second kappa shape index (κ2) is 6.21. The number of fused-ring (bicyclic) bond motifs is 1. The van der Waals surface area contributed by atoms with E-state index >= 15 is 0 Å². The normalized spacial score (nSPS) is 14.7. The van der Waals surface area contributed by atoms with Gasteiger partial charge < -0.3 is 10.1 Å². The lowest BCUT2D eigenvalue weighted by Crippen LogP contribution is -2.23. The van der Waals surface area contributed by atoms with E-state index in [0.717, 1.165) is 27.3 Å². The summed E-state index contributed by atoms with van der Waals surface area (Å²) in [6, 6.07) is 7.69. The van der Waals surface area contributed by atoms with Gasteiger partial charge in [-0.25, -0.2) is 14.8 Å². The van der Waals surface area contributed by atoms with Crippen LogP contribution in [0.15, 0.2) is 30.5 Å². The first kappa shape index (κ1) is 16.7. The molecule has 0 bridgehead atoms. The molecule has 8 heteroatoms. The van der Waals surface area contributed by atoms with Gasteiger partial charge in [0.1, 0.15) is 11.6 Å². The lowest BCUT2D eigenvalue weighted by Gasteiger charge is -2.14. The Morgan fingerprint density at radius 2 is 2.12 bits per heavy atom. The zero-order valence-electron chi connectivity index (χ0n) is 14.8. The molecule has 1 saturated heterocycles. The molecule has 1 fully saturated rings. The number of nitrogens with zero attached hydrogens (tertiary/aromatic N) is 4. The molecule has 134 valence electrons. The lowest BCUT2D eigenvalue weighted by molar-refractivity contribution is 0.181. The molecular weight excluding hydrogens is 350 g/mol. The number of carbonyl (C=O) groups is 1. The van der Waals surface area contributed by atoms with Crippen molar-refractivity contribution < 1.29 is 9.53 Å². The predicted octanol–water partition coefficient (Wildman–Crippen LogP) is 4.08. The van der Waals surface area contributed by atoms with E-state index < -0.39 is 0 Å². The summed E-state index contributed by atoms with van der Waals surface area (Å²) >= 11 is 1.39. The van der Waals surface area contributed by atoms with Crippen molar-refractivity contribution >= 4 is 45.2 Å². The summed E-state index contributed by atoms with van der Waals surface area (Å²) in [6.45, 7) is 7.35. The fraction of sp³-hybridized carbons (Fsp3) is 0.333. The highest BCUT2D eigenvalue weighted by Gasteiger charge is 2.23. The van der Waals surface area contributed by atoms with Gasteiger partial charge in [0.2, 0.25) is 5.95 Å². The molecule has 0 unspecified atom stereocenters. The smallest absolute Gasteiger partial charge is 0.414 e. The van der Waals surface area contributed by atoms with Gasteiger partial charge in [-0.05, 0) is 35.8 Å². The van der Waals surface area contributed by atoms with Crippen LogP contribution in [0, 0.1) is 0 Å². The minimum absolute atomic E-state index is 0.0000891. The third-order valence-electron chi connectivity index (χ3n) is 4.15. The molecule has 26 heavy (non-hydrogen) atoms. The molecule has 0 atom stereocenters. The number of hydrogen-bond acceptors (Lipinski definition) is 7. The number of carbonyl (C=O) groups excluding carboxylic acids is 1. The summed E-state index contributed by atoms with van der Waals surface area (Å²) in [5.41, 5.74) is 2.57. The van der Waals surface area contributed by atoms with Gasteiger partial charge in [-0.2, -0.15) is 4.37 Å². The topological polar surface area (TPSA) is 80.2 Å². The highest BCUT2D eigenvalue weighted by molar-refractivity contribution is 7.10. The standard InChI is InChI=1S/C18H19N5O2S/c1-18(2,3)14-9-15(26-22-14)21-16-19-10-11-4-5-12(8-13(11)20-16)23-6-7-25-17(23)24/h4-5,8-10H,6-7H2,1-3H3,(H,19,20,21). The molecule has 1 aromatic carbocycles. The van der Waals surface area contributed by atoms with Crippen LogP contribution in [-0.4, -0.2) is 33.6 Å². The van der Waals surface area contributed by atoms with Crippen LogP contribution < -0.4 is 10.2 Å². The predicted molar refractivity (Wildman–Crippen MR) is 102 cm³/mol. The van der Waals surface area contributed by atoms with Crippen molar-refractivity contribution in [3.05, 3.63) is 36.2 Å². The van der Waals surface area contributed by atoms with Gasteiger partial charge in [0.25, 0.3) is 0 Å². The number of ether oxygens (including phenoxy) is 1. The molecule has 1 aliphatic rings. The van der Waals surface area contributed by atoms with Crippen LogP contribution in [-0.2, 0) is 10.2 Å². The van der Waals surface area contributed by atoms with Crippen molar-refractivity contribution in [2.45, 2.75) is 26.2 Å². The quantitative estimate of drug-likeness (QED) is 0.749. The SMILES string of the molecule is CC(C)(C)c1cc(Nc2ncc3ccc(N4CCOC4=O)cc3n2)sn1. The van der Waals surface area contributed by atoms with E-state index in [4.69, 9.17) is 4.74 Å². The Balaban J connectivity index is 1.62. The van der Waals surface area contributed by atoms with E-state index in [1.54, 1.807) is 11.1 Å². The van der Waals surface area contributed by atoms with E-state index in [1.807, 2.05) is 24.3 Å². The Hall–Kier alpha value is -2.74. The molecule has 0 radical (unpaired) electrons. The largest absolute Gasteiger partial charge is 0.447 e. The number of anilines is 3. The Bertz CT molecular complexity index is 979. The Labute approximate surface area is 155 Å². The number of amides is 1. The summed E-state index contributed by atoms with van der Waals surface area (Å²) in [4.78, 5) is 22.3. The molecule has 3 aromatic rings. The van der Waals surface area contributed by atoms with Gasteiger partial charge in [-0.3, -0.25) is 4.90 Å². The van der Waals surface area contributed by atoms with Crippen molar-refractivity contribution in [1.29, 1.82) is 0 Å². The first-order chi connectivity index (χ1) is 12.4. The molecule has 3 heterocycles. The highest BCUT2D eigenvalue weighted by atomic mass is 32.1. The van der Waals surface area contributed by atoms with Crippen molar-refractivity contribution in [3.8, 4) is 0 Å². The zero-order chi connectivity index (χ0) is 18.3. The van der Waals surface area contributed by atoms with E-state index in [-0.39, 0.29) is 11.5 Å². The molecule has 0 spiro atoms. The summed E-state index contributed by atoms with van der Waals surface area (Å²) in [5, 5.41) is 5.02. The Morgan fingerprint density at radius 1 is 1.27 bits per heavy atom. The maximum atomic E-state index is 11.8. The first-order valence-corrected chi connectivity index (χ1v) is 9.13. The number of hydrogen-bond donors (Lipinski definition) is 1. The molecule has 1 aliphatic heterocycles. The maximum absolute atomic E-state index is 11.8. The van der Waals surface area contributed by atoms with E-state index in [2.05, 4.69) is 40.4 Å². The van der Waals surface area contributed by atoms with E-state index in [9.17, 15) is 4.79 Å². The monoisotopic (exact) mass is 369 g/mol. The van der Waals surface area contributed by atoms with Crippen LogP contribution >= 0.6 is 11.5 Å². The van der Waals surface area contributed by atoms with Crippen molar-refractivity contribution in [2.24, 2.45) is 0 Å². The van der Waals surface area contributed by atoms with Gasteiger partial charge >= 0.3 is 6.09 Å². The fourth-order valence-corrected chi connectivity index (χ4v) is 3.49. The van der Waals surface area contributed by atoms with Crippen LogP contribution in [0.2, 0.25) is 0 Å². The summed E-state index contributed by atoms with van der Waals surface area (Å²) in [5.74, 6) is 0.503. The molecular formula is C18H19N5O2S. The van der Waals surface area contributed by atoms with Crippen molar-refractivity contribution in [3.63, 3.8) is 0 Å². The minimum atomic E-state index is -0.323. The number of cyclic esters (lactones) is 1. The molecule has 1 N–H and O–H groups in total. The number of rotatable bonds is 3. The molecule has 4 rings (SSSR count). The molecule has 2 aromatic heterocycles. The highest BCUT2D eigenvalue weighted by Crippen LogP contribution is 2.29. The number of benzene rings is 1. The molecule has 0 aliphatic carbocycles. The summed E-state index contributed by atoms with van der Waals surface area (Å²) in [7, 11) is 0. The molecule has 1 amide bonds. The molecule has 0 saturated carbocycles. The number of nitrogens with one attached hydrogen (secondary N) is 1. The average molecular weight is 369 g/mol. The summed E-state index contributed by atoms with van der Waals surface area (Å²) in [6.07, 6.45) is 1.44. The first-order valence-electron chi connectivity index (χ1n) is 8.35. The van der Waals surface area contributed by atoms with E-state index in [1.165, 1.54) is 11.5 Å².